The molecule has 0 bridgehead atoms. The molecule has 0 radical (unpaired) electrons. The van der Waals surface area contributed by atoms with Crippen LogP contribution >= 0.6 is 0 Å². The van der Waals surface area contributed by atoms with E-state index in [0.717, 1.165) is 18.2 Å². The summed E-state index contributed by atoms with van der Waals surface area (Å²) in [7, 11) is 1.46. The first-order valence-electron chi connectivity index (χ1n) is 5.99. The summed E-state index contributed by atoms with van der Waals surface area (Å²) >= 11 is 0. The van der Waals surface area contributed by atoms with Gasteiger partial charge in [-0.1, -0.05) is 0 Å². The normalized spacial score (nSPS) is 12.3. The van der Waals surface area contributed by atoms with Crippen LogP contribution in [0, 0.1) is 5.82 Å². The van der Waals surface area contributed by atoms with Gasteiger partial charge in [-0.3, -0.25) is 4.79 Å². The summed E-state index contributed by atoms with van der Waals surface area (Å²) in [6.07, 6.45) is -0.246. The van der Waals surface area contributed by atoms with Crippen molar-refractivity contribution in [3.8, 4) is 5.75 Å². The highest BCUT2D eigenvalue weighted by Gasteiger charge is 2.20. The second kappa shape index (κ2) is 7.14. The molecule has 0 saturated heterocycles. The first-order valence-corrected chi connectivity index (χ1v) is 5.99. The van der Waals surface area contributed by atoms with Crippen LogP contribution in [-0.4, -0.2) is 42.2 Å². The first-order chi connectivity index (χ1) is 9.31. The number of aliphatic hydroxyl groups excluding tert-OH is 1. The molecular formula is C13H16F3NO3. The van der Waals surface area contributed by atoms with E-state index in [0.29, 0.717) is 6.42 Å². The fourth-order valence-electron chi connectivity index (χ4n) is 1.55. The predicted octanol–water partition coefficient (Wildman–Crippen LogP) is 2.27. The van der Waals surface area contributed by atoms with Gasteiger partial charge in [0.15, 0.2) is 0 Å². The van der Waals surface area contributed by atoms with Gasteiger partial charge in [-0.15, -0.1) is 0 Å². The SMILES string of the molecule is CC(O)CCN(C)C(=O)c1ccc(F)cc1OC(F)F. The van der Waals surface area contributed by atoms with Crippen molar-refractivity contribution < 1.29 is 27.8 Å². The number of halogens is 3. The average molecular weight is 291 g/mol. The summed E-state index contributed by atoms with van der Waals surface area (Å²) < 4.78 is 41.7. The molecule has 1 N–H and O–H groups in total. The Morgan fingerprint density at radius 3 is 2.65 bits per heavy atom. The number of carbonyl (C=O) groups excluding carboxylic acids is 1. The quantitative estimate of drug-likeness (QED) is 0.874. The van der Waals surface area contributed by atoms with Crippen LogP contribution in [0.25, 0.3) is 0 Å². The molecule has 0 aliphatic heterocycles. The largest absolute Gasteiger partial charge is 0.434 e. The van der Waals surface area contributed by atoms with Gasteiger partial charge in [-0.2, -0.15) is 8.78 Å². The Labute approximate surface area is 114 Å². The first kappa shape index (κ1) is 16.3. The monoisotopic (exact) mass is 291 g/mol. The van der Waals surface area contributed by atoms with Crippen molar-refractivity contribution in [1.82, 2.24) is 4.90 Å². The van der Waals surface area contributed by atoms with Gasteiger partial charge in [0.05, 0.1) is 11.7 Å². The standard InChI is InChI=1S/C13H16F3NO3/c1-8(18)5-6-17(2)12(19)10-4-3-9(14)7-11(10)20-13(15)16/h3-4,7-8,13,18H,5-6H2,1-2H3. The summed E-state index contributed by atoms with van der Waals surface area (Å²) in [6.45, 7) is -1.34. The molecule has 0 aromatic heterocycles. The molecule has 20 heavy (non-hydrogen) atoms. The van der Waals surface area contributed by atoms with Crippen molar-refractivity contribution in [3.63, 3.8) is 0 Å². The van der Waals surface area contributed by atoms with Gasteiger partial charge >= 0.3 is 6.61 Å². The molecule has 1 aromatic rings. The van der Waals surface area contributed by atoms with E-state index >= 15 is 0 Å². The van der Waals surface area contributed by atoms with E-state index in [-0.39, 0.29) is 12.1 Å². The third-order valence-electron chi connectivity index (χ3n) is 2.62. The molecule has 112 valence electrons. The minimum Gasteiger partial charge on any atom is -0.434 e. The van der Waals surface area contributed by atoms with Crippen molar-refractivity contribution in [2.75, 3.05) is 13.6 Å². The lowest BCUT2D eigenvalue weighted by molar-refractivity contribution is -0.0504. The predicted molar refractivity (Wildman–Crippen MR) is 66.3 cm³/mol. The summed E-state index contributed by atoms with van der Waals surface area (Å²) in [5.41, 5.74) is -0.153. The Morgan fingerprint density at radius 1 is 1.45 bits per heavy atom. The fourth-order valence-corrected chi connectivity index (χ4v) is 1.55. The van der Waals surface area contributed by atoms with Crippen LogP contribution in [0.1, 0.15) is 23.7 Å². The van der Waals surface area contributed by atoms with E-state index in [1.54, 1.807) is 6.92 Å². The lowest BCUT2D eigenvalue weighted by atomic mass is 10.1. The zero-order valence-electron chi connectivity index (χ0n) is 11.1. The van der Waals surface area contributed by atoms with E-state index in [4.69, 9.17) is 5.11 Å². The van der Waals surface area contributed by atoms with E-state index in [2.05, 4.69) is 4.74 Å². The minimum atomic E-state index is -3.15. The number of hydrogen-bond donors (Lipinski definition) is 1. The molecule has 0 heterocycles. The van der Waals surface area contributed by atoms with Crippen LogP contribution in [0.3, 0.4) is 0 Å². The third-order valence-corrected chi connectivity index (χ3v) is 2.62. The number of aliphatic hydroxyl groups is 1. The molecule has 1 unspecified atom stereocenters. The molecule has 4 nitrogen and oxygen atoms in total. The zero-order valence-corrected chi connectivity index (χ0v) is 11.1. The number of amides is 1. The highest BCUT2D eigenvalue weighted by atomic mass is 19.3. The molecule has 0 aliphatic rings. The van der Waals surface area contributed by atoms with Crippen LogP contribution in [0.4, 0.5) is 13.2 Å². The van der Waals surface area contributed by atoms with Crippen LogP contribution in [0.2, 0.25) is 0 Å². The van der Waals surface area contributed by atoms with Gasteiger partial charge in [0.2, 0.25) is 0 Å². The van der Waals surface area contributed by atoms with E-state index < -0.39 is 30.2 Å². The molecular weight excluding hydrogens is 275 g/mol. The maximum absolute atomic E-state index is 13.0. The van der Waals surface area contributed by atoms with Crippen LogP contribution in [-0.2, 0) is 0 Å². The van der Waals surface area contributed by atoms with Gasteiger partial charge in [-0.05, 0) is 25.5 Å². The Hall–Kier alpha value is -1.76. The van der Waals surface area contributed by atoms with Gasteiger partial charge in [-0.25, -0.2) is 4.39 Å². The van der Waals surface area contributed by atoms with Gasteiger partial charge in [0.1, 0.15) is 11.6 Å². The fraction of sp³-hybridized carbons (Fsp3) is 0.462. The minimum absolute atomic E-state index is 0.153. The second-order valence-corrected chi connectivity index (χ2v) is 4.38. The maximum atomic E-state index is 13.0. The van der Waals surface area contributed by atoms with Crippen LogP contribution < -0.4 is 4.74 Å². The van der Waals surface area contributed by atoms with Crippen LogP contribution in [0.15, 0.2) is 18.2 Å². The Balaban J connectivity index is 2.91. The van der Waals surface area contributed by atoms with Crippen molar-refractivity contribution in [2.24, 2.45) is 0 Å². The molecule has 7 heteroatoms. The highest BCUT2D eigenvalue weighted by Crippen LogP contribution is 2.23. The maximum Gasteiger partial charge on any atom is 0.387 e. The number of carbonyl (C=O) groups is 1. The van der Waals surface area contributed by atoms with Gasteiger partial charge < -0.3 is 14.7 Å². The second-order valence-electron chi connectivity index (χ2n) is 4.38. The van der Waals surface area contributed by atoms with Crippen molar-refractivity contribution >= 4 is 5.91 Å². The summed E-state index contributed by atoms with van der Waals surface area (Å²) in [4.78, 5) is 13.3. The van der Waals surface area contributed by atoms with Crippen molar-refractivity contribution in [1.29, 1.82) is 0 Å². The van der Waals surface area contributed by atoms with Gasteiger partial charge in [0.25, 0.3) is 5.91 Å². The highest BCUT2D eigenvalue weighted by molar-refractivity contribution is 5.96. The number of rotatable bonds is 6. The topological polar surface area (TPSA) is 49.8 Å². The third kappa shape index (κ3) is 4.73. The van der Waals surface area contributed by atoms with Crippen LogP contribution in [0.5, 0.6) is 5.75 Å². The van der Waals surface area contributed by atoms with E-state index in [1.807, 2.05) is 0 Å². The Kier molecular flexibility index (Phi) is 5.82. The average Bonchev–Trinajstić information content (AvgIpc) is 2.34. The number of hydrogen-bond acceptors (Lipinski definition) is 3. The molecule has 1 atom stereocenters. The van der Waals surface area contributed by atoms with Crippen molar-refractivity contribution in [2.45, 2.75) is 26.1 Å². The summed E-state index contributed by atoms with van der Waals surface area (Å²) in [5.74, 6) is -1.86. The number of benzene rings is 1. The molecule has 0 spiro atoms. The molecule has 0 fully saturated rings. The Bertz CT molecular complexity index is 466. The summed E-state index contributed by atoms with van der Waals surface area (Å²) in [5, 5.41) is 9.15. The number of nitrogens with zero attached hydrogens (tertiary/aromatic N) is 1. The molecule has 1 aromatic carbocycles. The lowest BCUT2D eigenvalue weighted by Crippen LogP contribution is -2.30. The molecule has 1 rings (SSSR count). The zero-order chi connectivity index (χ0) is 15.3. The van der Waals surface area contributed by atoms with Crippen molar-refractivity contribution in [3.05, 3.63) is 29.6 Å². The Morgan fingerprint density at radius 2 is 2.10 bits per heavy atom. The summed E-state index contributed by atoms with van der Waals surface area (Å²) in [6, 6.07) is 2.82. The van der Waals surface area contributed by atoms with Gasteiger partial charge in [0, 0.05) is 19.7 Å². The molecule has 0 aliphatic carbocycles. The number of alkyl halides is 2. The van der Waals surface area contributed by atoms with E-state index in [9.17, 15) is 18.0 Å². The number of ether oxygens (including phenoxy) is 1. The smallest absolute Gasteiger partial charge is 0.387 e. The molecule has 1 amide bonds. The van der Waals surface area contributed by atoms with E-state index in [1.165, 1.54) is 11.9 Å². The lowest BCUT2D eigenvalue weighted by Gasteiger charge is -2.19. The molecule has 0 saturated carbocycles.